The summed E-state index contributed by atoms with van der Waals surface area (Å²) >= 11 is 7.48. The standard InChI is InChI=1S/C13H15ClN2OS/c1-2-3-7-16-13(17)12-11(15)10-8(14)5-4-6-9(10)18-12/h4-6H,2-3,7,15H2,1H3,(H,16,17). The maximum absolute atomic E-state index is 12.0. The number of unbranched alkanes of at least 4 members (excludes halogenated alkanes) is 1. The minimum Gasteiger partial charge on any atom is -0.397 e. The SMILES string of the molecule is CCCCNC(=O)c1sc2cccc(Cl)c2c1N. The predicted molar refractivity (Wildman–Crippen MR) is 78.5 cm³/mol. The minimum atomic E-state index is -0.113. The molecule has 0 aliphatic rings. The Morgan fingerprint density at radius 3 is 2.94 bits per heavy atom. The average molecular weight is 283 g/mol. The van der Waals surface area contributed by atoms with Gasteiger partial charge in [0.05, 0.1) is 10.7 Å². The first-order valence-electron chi connectivity index (χ1n) is 5.89. The molecule has 0 fully saturated rings. The normalized spacial score (nSPS) is 10.8. The van der Waals surface area contributed by atoms with Crippen LogP contribution in [-0.2, 0) is 0 Å². The van der Waals surface area contributed by atoms with Gasteiger partial charge in [-0.1, -0.05) is 31.0 Å². The van der Waals surface area contributed by atoms with Gasteiger partial charge in [-0.05, 0) is 18.6 Å². The fourth-order valence-corrected chi connectivity index (χ4v) is 3.15. The minimum absolute atomic E-state index is 0.113. The van der Waals surface area contributed by atoms with E-state index in [4.69, 9.17) is 17.3 Å². The number of nitrogens with one attached hydrogen (secondary N) is 1. The quantitative estimate of drug-likeness (QED) is 0.841. The molecule has 0 radical (unpaired) electrons. The number of nitrogens with two attached hydrogens (primary N) is 1. The highest BCUT2D eigenvalue weighted by molar-refractivity contribution is 7.21. The molecule has 96 valence electrons. The second-order valence-electron chi connectivity index (χ2n) is 4.07. The number of benzene rings is 1. The number of hydrogen-bond acceptors (Lipinski definition) is 3. The van der Waals surface area contributed by atoms with Crippen LogP contribution in [0.25, 0.3) is 10.1 Å². The molecule has 1 aromatic carbocycles. The van der Waals surface area contributed by atoms with E-state index in [1.54, 1.807) is 6.07 Å². The van der Waals surface area contributed by atoms with Crippen LogP contribution < -0.4 is 11.1 Å². The Morgan fingerprint density at radius 1 is 1.50 bits per heavy atom. The number of halogens is 1. The van der Waals surface area contributed by atoms with E-state index in [1.807, 2.05) is 12.1 Å². The highest BCUT2D eigenvalue weighted by atomic mass is 35.5. The van der Waals surface area contributed by atoms with E-state index in [9.17, 15) is 4.79 Å². The summed E-state index contributed by atoms with van der Waals surface area (Å²) in [7, 11) is 0. The number of fused-ring (bicyclic) bond motifs is 1. The Hall–Kier alpha value is -1.26. The van der Waals surface area contributed by atoms with Gasteiger partial charge in [-0.15, -0.1) is 11.3 Å². The largest absolute Gasteiger partial charge is 0.397 e. The van der Waals surface area contributed by atoms with Crippen molar-refractivity contribution in [3.8, 4) is 0 Å². The Bertz CT molecular complexity index is 580. The lowest BCUT2D eigenvalue weighted by Crippen LogP contribution is -2.24. The summed E-state index contributed by atoms with van der Waals surface area (Å²) in [6.07, 6.45) is 2.02. The monoisotopic (exact) mass is 282 g/mol. The molecule has 0 bridgehead atoms. The number of nitrogen functional groups attached to an aromatic ring is 1. The first kappa shape index (κ1) is 13.2. The van der Waals surface area contributed by atoms with Crippen LogP contribution in [0, 0.1) is 0 Å². The summed E-state index contributed by atoms with van der Waals surface area (Å²) in [5.41, 5.74) is 6.49. The van der Waals surface area contributed by atoms with E-state index in [0.717, 1.165) is 22.9 Å². The molecule has 0 spiro atoms. The fraction of sp³-hybridized carbons (Fsp3) is 0.308. The zero-order valence-corrected chi connectivity index (χ0v) is 11.7. The summed E-state index contributed by atoms with van der Waals surface area (Å²) in [5.74, 6) is -0.113. The number of carbonyl (C=O) groups excluding carboxylic acids is 1. The summed E-state index contributed by atoms with van der Waals surface area (Å²) in [6, 6.07) is 5.57. The van der Waals surface area contributed by atoms with Gasteiger partial charge >= 0.3 is 0 Å². The van der Waals surface area contributed by atoms with Crippen LogP contribution in [0.4, 0.5) is 5.69 Å². The van der Waals surface area contributed by atoms with E-state index >= 15 is 0 Å². The molecule has 0 atom stereocenters. The molecule has 2 rings (SSSR count). The van der Waals surface area contributed by atoms with Crippen molar-refractivity contribution in [1.29, 1.82) is 0 Å². The van der Waals surface area contributed by atoms with Crippen molar-refractivity contribution in [2.45, 2.75) is 19.8 Å². The fourth-order valence-electron chi connectivity index (χ4n) is 1.76. The molecule has 1 amide bonds. The predicted octanol–water partition coefficient (Wildman–Crippen LogP) is 3.67. The third kappa shape index (κ3) is 2.44. The lowest BCUT2D eigenvalue weighted by molar-refractivity contribution is 0.0958. The molecule has 0 unspecified atom stereocenters. The summed E-state index contributed by atoms with van der Waals surface area (Å²) in [5, 5.41) is 4.24. The molecule has 1 aromatic heterocycles. The van der Waals surface area contributed by atoms with Crippen LogP contribution in [0.3, 0.4) is 0 Å². The zero-order chi connectivity index (χ0) is 13.1. The molecule has 0 saturated carbocycles. The number of thiophene rings is 1. The smallest absolute Gasteiger partial charge is 0.263 e. The number of hydrogen-bond donors (Lipinski definition) is 2. The van der Waals surface area contributed by atoms with Crippen molar-refractivity contribution in [3.63, 3.8) is 0 Å². The van der Waals surface area contributed by atoms with Crippen molar-refractivity contribution in [2.75, 3.05) is 12.3 Å². The van der Waals surface area contributed by atoms with Gasteiger partial charge in [0.25, 0.3) is 5.91 Å². The van der Waals surface area contributed by atoms with Gasteiger partial charge in [0.1, 0.15) is 4.88 Å². The molecule has 18 heavy (non-hydrogen) atoms. The summed E-state index contributed by atoms with van der Waals surface area (Å²) in [4.78, 5) is 12.5. The Labute approximate surface area is 115 Å². The third-order valence-electron chi connectivity index (χ3n) is 2.72. The zero-order valence-electron chi connectivity index (χ0n) is 10.1. The van der Waals surface area contributed by atoms with Gasteiger partial charge in [-0.25, -0.2) is 0 Å². The Morgan fingerprint density at radius 2 is 2.28 bits per heavy atom. The van der Waals surface area contributed by atoms with E-state index in [-0.39, 0.29) is 5.91 Å². The molecule has 0 aliphatic heterocycles. The van der Waals surface area contributed by atoms with Crippen molar-refractivity contribution >= 4 is 44.6 Å². The van der Waals surface area contributed by atoms with Crippen LogP contribution in [0.1, 0.15) is 29.4 Å². The summed E-state index contributed by atoms with van der Waals surface area (Å²) in [6.45, 7) is 2.76. The molecule has 0 saturated heterocycles. The third-order valence-corrected chi connectivity index (χ3v) is 4.21. The number of anilines is 1. The Kier molecular flexibility index (Phi) is 4.09. The van der Waals surface area contributed by atoms with Crippen LogP contribution in [-0.4, -0.2) is 12.5 Å². The van der Waals surface area contributed by atoms with Gasteiger partial charge in [-0.3, -0.25) is 4.79 Å². The highest BCUT2D eigenvalue weighted by Crippen LogP contribution is 2.37. The molecule has 1 heterocycles. The lowest BCUT2D eigenvalue weighted by atomic mass is 10.2. The van der Waals surface area contributed by atoms with Crippen LogP contribution in [0.2, 0.25) is 5.02 Å². The van der Waals surface area contributed by atoms with Crippen LogP contribution >= 0.6 is 22.9 Å². The number of carbonyl (C=O) groups is 1. The lowest BCUT2D eigenvalue weighted by Gasteiger charge is -2.02. The van der Waals surface area contributed by atoms with Crippen molar-refractivity contribution < 1.29 is 4.79 Å². The van der Waals surface area contributed by atoms with Crippen molar-refractivity contribution in [1.82, 2.24) is 5.32 Å². The molecule has 3 nitrogen and oxygen atoms in total. The maximum Gasteiger partial charge on any atom is 0.263 e. The van der Waals surface area contributed by atoms with E-state index in [2.05, 4.69) is 12.2 Å². The van der Waals surface area contributed by atoms with Crippen LogP contribution in [0.15, 0.2) is 18.2 Å². The maximum atomic E-state index is 12.0. The Balaban J connectivity index is 2.31. The second kappa shape index (κ2) is 5.59. The van der Waals surface area contributed by atoms with Gasteiger partial charge in [0.2, 0.25) is 0 Å². The topological polar surface area (TPSA) is 55.1 Å². The van der Waals surface area contributed by atoms with Gasteiger partial charge in [0, 0.05) is 16.6 Å². The van der Waals surface area contributed by atoms with Gasteiger partial charge < -0.3 is 11.1 Å². The first-order chi connectivity index (χ1) is 8.65. The molecular weight excluding hydrogens is 268 g/mol. The highest BCUT2D eigenvalue weighted by Gasteiger charge is 2.17. The van der Waals surface area contributed by atoms with Gasteiger partial charge in [-0.2, -0.15) is 0 Å². The van der Waals surface area contributed by atoms with Gasteiger partial charge in [0.15, 0.2) is 0 Å². The number of rotatable bonds is 4. The van der Waals surface area contributed by atoms with E-state index in [0.29, 0.717) is 22.1 Å². The van der Waals surface area contributed by atoms with Crippen molar-refractivity contribution in [3.05, 3.63) is 28.1 Å². The van der Waals surface area contributed by atoms with E-state index in [1.165, 1.54) is 11.3 Å². The summed E-state index contributed by atoms with van der Waals surface area (Å²) < 4.78 is 0.945. The van der Waals surface area contributed by atoms with Crippen molar-refractivity contribution in [2.24, 2.45) is 0 Å². The molecule has 5 heteroatoms. The average Bonchev–Trinajstić information content (AvgIpc) is 2.68. The van der Waals surface area contributed by atoms with Crippen LogP contribution in [0.5, 0.6) is 0 Å². The van der Waals surface area contributed by atoms with E-state index < -0.39 is 0 Å². The molecular formula is C13H15ClN2OS. The molecule has 3 N–H and O–H groups in total. The second-order valence-corrected chi connectivity index (χ2v) is 5.53. The molecule has 2 aromatic rings. The molecule has 0 aliphatic carbocycles. The first-order valence-corrected chi connectivity index (χ1v) is 7.09. The number of amides is 1.